The van der Waals surface area contributed by atoms with Crippen LogP contribution in [0.1, 0.15) is 33.1 Å². The van der Waals surface area contributed by atoms with Crippen molar-refractivity contribution in [2.75, 3.05) is 19.7 Å². The number of nitrogens with two attached hydrogens (primary N) is 1. The molecule has 1 unspecified atom stereocenters. The molecule has 0 aromatic rings. The molecule has 2 fully saturated rings. The molecule has 2 aliphatic rings. The predicted octanol–water partition coefficient (Wildman–Crippen LogP) is 1.17. The fraction of sp³-hybridized carbons (Fsp3) is 0.917. The molecule has 5 heteroatoms. The molecule has 0 radical (unpaired) electrons. The minimum Gasteiger partial charge on any atom is -0.376 e. The highest BCUT2D eigenvalue weighted by Gasteiger charge is 2.49. The summed E-state index contributed by atoms with van der Waals surface area (Å²) >= 11 is 0. The van der Waals surface area contributed by atoms with Crippen LogP contribution >= 0.6 is 12.4 Å². The van der Waals surface area contributed by atoms with Crippen molar-refractivity contribution in [3.05, 3.63) is 0 Å². The first-order valence-electron chi connectivity index (χ1n) is 6.21. The van der Waals surface area contributed by atoms with Crippen LogP contribution in [0.3, 0.4) is 0 Å². The minimum atomic E-state index is -0.521. The first kappa shape index (κ1) is 14.7. The van der Waals surface area contributed by atoms with Crippen LogP contribution in [0.15, 0.2) is 0 Å². The van der Waals surface area contributed by atoms with Crippen LogP contribution in [-0.4, -0.2) is 42.1 Å². The van der Waals surface area contributed by atoms with Gasteiger partial charge in [0.25, 0.3) is 0 Å². The number of carbonyl (C=O) groups excluding carboxylic acids is 1. The number of halogens is 1. The second kappa shape index (κ2) is 5.55. The maximum Gasteiger partial charge on any atom is 0.242 e. The molecule has 1 heterocycles. The van der Waals surface area contributed by atoms with Crippen LogP contribution in [0.25, 0.3) is 0 Å². The van der Waals surface area contributed by atoms with E-state index < -0.39 is 5.54 Å². The number of rotatable bonds is 4. The monoisotopic (exact) mass is 262 g/mol. The maximum absolute atomic E-state index is 12.0. The Labute approximate surface area is 109 Å². The molecular weight excluding hydrogens is 240 g/mol. The average molecular weight is 263 g/mol. The second-order valence-electron chi connectivity index (χ2n) is 5.55. The van der Waals surface area contributed by atoms with E-state index in [-0.39, 0.29) is 24.4 Å². The highest BCUT2D eigenvalue weighted by molar-refractivity contribution is 5.89. The molecule has 2 N–H and O–H groups in total. The van der Waals surface area contributed by atoms with Crippen molar-refractivity contribution >= 4 is 18.3 Å². The zero-order chi connectivity index (χ0) is 11.8. The summed E-state index contributed by atoms with van der Waals surface area (Å²) in [5, 5.41) is 0. The Morgan fingerprint density at radius 3 is 2.71 bits per heavy atom. The number of amides is 1. The average Bonchev–Trinajstić information content (AvgIpc) is 2.82. The van der Waals surface area contributed by atoms with Gasteiger partial charge in [-0.3, -0.25) is 4.79 Å². The number of hydrogen-bond acceptors (Lipinski definition) is 3. The van der Waals surface area contributed by atoms with Crippen LogP contribution in [-0.2, 0) is 9.53 Å². The van der Waals surface area contributed by atoms with Gasteiger partial charge in [0.1, 0.15) is 0 Å². The summed E-state index contributed by atoms with van der Waals surface area (Å²) in [6, 6.07) is 0. The van der Waals surface area contributed by atoms with E-state index >= 15 is 0 Å². The van der Waals surface area contributed by atoms with E-state index in [4.69, 9.17) is 10.5 Å². The lowest BCUT2D eigenvalue weighted by Crippen LogP contribution is -2.45. The van der Waals surface area contributed by atoms with Crippen LogP contribution in [0.5, 0.6) is 0 Å². The van der Waals surface area contributed by atoms with Gasteiger partial charge in [0.05, 0.1) is 11.6 Å². The van der Waals surface area contributed by atoms with E-state index in [2.05, 4.69) is 13.8 Å². The molecule has 1 amide bonds. The topological polar surface area (TPSA) is 55.6 Å². The highest BCUT2D eigenvalue weighted by atomic mass is 35.5. The summed E-state index contributed by atoms with van der Waals surface area (Å²) in [5.74, 6) is 0.678. The molecular formula is C12H23ClN2O2. The summed E-state index contributed by atoms with van der Waals surface area (Å²) in [6.07, 6.45) is 2.86. The fourth-order valence-electron chi connectivity index (χ4n) is 2.04. The van der Waals surface area contributed by atoms with Gasteiger partial charge in [0.15, 0.2) is 0 Å². The number of likely N-dealkylation sites (tertiary alicyclic amines) is 1. The van der Waals surface area contributed by atoms with Gasteiger partial charge < -0.3 is 15.4 Å². The van der Waals surface area contributed by atoms with Gasteiger partial charge in [-0.25, -0.2) is 0 Å². The van der Waals surface area contributed by atoms with Crippen LogP contribution in [0, 0.1) is 5.92 Å². The Morgan fingerprint density at radius 1 is 1.53 bits per heavy atom. The standard InChI is InChI=1S/C12H22N2O2.ClH/c1-9(2)8-16-10-3-6-14(7-10)11(15)12(13)4-5-12;/h9-10H,3-8,13H2,1-2H3;1H. The molecule has 17 heavy (non-hydrogen) atoms. The second-order valence-corrected chi connectivity index (χ2v) is 5.55. The summed E-state index contributed by atoms with van der Waals surface area (Å²) < 4.78 is 5.74. The van der Waals surface area contributed by atoms with Gasteiger partial charge in [-0.1, -0.05) is 13.8 Å². The van der Waals surface area contributed by atoms with Crippen molar-refractivity contribution in [2.24, 2.45) is 11.7 Å². The number of carbonyl (C=O) groups is 1. The molecule has 2 rings (SSSR count). The SMILES string of the molecule is CC(C)COC1CCN(C(=O)C2(N)CC2)C1.Cl. The number of hydrogen-bond donors (Lipinski definition) is 1. The quantitative estimate of drug-likeness (QED) is 0.828. The smallest absolute Gasteiger partial charge is 0.242 e. The van der Waals surface area contributed by atoms with Crippen LogP contribution < -0.4 is 5.73 Å². The zero-order valence-electron chi connectivity index (χ0n) is 10.6. The van der Waals surface area contributed by atoms with Crippen LogP contribution in [0.2, 0.25) is 0 Å². The zero-order valence-corrected chi connectivity index (χ0v) is 11.5. The summed E-state index contributed by atoms with van der Waals surface area (Å²) in [7, 11) is 0. The third-order valence-electron chi connectivity index (χ3n) is 3.31. The van der Waals surface area contributed by atoms with E-state index in [9.17, 15) is 4.79 Å². The van der Waals surface area contributed by atoms with Crippen molar-refractivity contribution in [1.82, 2.24) is 4.90 Å². The Balaban J connectivity index is 0.00000144. The lowest BCUT2D eigenvalue weighted by atomic mass is 10.2. The van der Waals surface area contributed by atoms with Gasteiger partial charge >= 0.3 is 0 Å². The highest BCUT2D eigenvalue weighted by Crippen LogP contribution is 2.35. The third-order valence-corrected chi connectivity index (χ3v) is 3.31. The summed E-state index contributed by atoms with van der Waals surface area (Å²) in [5.41, 5.74) is 5.38. The lowest BCUT2D eigenvalue weighted by molar-refractivity contribution is -0.133. The van der Waals surface area contributed by atoms with Crippen LogP contribution in [0.4, 0.5) is 0 Å². The largest absolute Gasteiger partial charge is 0.376 e. The fourth-order valence-corrected chi connectivity index (χ4v) is 2.04. The van der Waals surface area contributed by atoms with Gasteiger partial charge in [-0.2, -0.15) is 0 Å². The molecule has 1 saturated carbocycles. The van der Waals surface area contributed by atoms with Crippen molar-refractivity contribution in [1.29, 1.82) is 0 Å². The maximum atomic E-state index is 12.0. The van der Waals surface area contributed by atoms with E-state index in [1.54, 1.807) is 0 Å². The molecule has 0 bridgehead atoms. The van der Waals surface area contributed by atoms with Crippen molar-refractivity contribution in [3.8, 4) is 0 Å². The molecule has 1 saturated heterocycles. The van der Waals surface area contributed by atoms with E-state index in [1.807, 2.05) is 4.90 Å². The minimum absolute atomic E-state index is 0. The van der Waals surface area contributed by atoms with Gasteiger partial charge in [-0.15, -0.1) is 12.4 Å². The first-order chi connectivity index (χ1) is 7.51. The molecule has 1 aliphatic carbocycles. The summed E-state index contributed by atoms with van der Waals surface area (Å²) in [4.78, 5) is 13.8. The molecule has 4 nitrogen and oxygen atoms in total. The molecule has 0 aromatic carbocycles. The molecule has 100 valence electrons. The van der Waals surface area contributed by atoms with E-state index in [1.165, 1.54) is 0 Å². The molecule has 1 aliphatic heterocycles. The third kappa shape index (κ3) is 3.57. The van der Waals surface area contributed by atoms with Crippen molar-refractivity contribution < 1.29 is 9.53 Å². The molecule has 1 atom stereocenters. The Hall–Kier alpha value is -0.320. The van der Waals surface area contributed by atoms with E-state index in [0.29, 0.717) is 5.92 Å². The van der Waals surface area contributed by atoms with E-state index in [0.717, 1.165) is 39.0 Å². The summed E-state index contributed by atoms with van der Waals surface area (Å²) in [6.45, 7) is 6.58. The number of nitrogens with zero attached hydrogens (tertiary/aromatic N) is 1. The molecule has 0 aromatic heterocycles. The van der Waals surface area contributed by atoms with Crippen molar-refractivity contribution in [3.63, 3.8) is 0 Å². The lowest BCUT2D eigenvalue weighted by Gasteiger charge is -2.20. The Morgan fingerprint density at radius 2 is 2.18 bits per heavy atom. The van der Waals surface area contributed by atoms with Crippen molar-refractivity contribution in [2.45, 2.75) is 44.8 Å². The normalized spacial score (nSPS) is 25.9. The Bertz CT molecular complexity index is 280. The van der Waals surface area contributed by atoms with Gasteiger partial charge in [0, 0.05) is 19.7 Å². The predicted molar refractivity (Wildman–Crippen MR) is 69.2 cm³/mol. The number of ether oxygens (including phenoxy) is 1. The van der Waals surface area contributed by atoms with Gasteiger partial charge in [0.2, 0.25) is 5.91 Å². The first-order valence-corrected chi connectivity index (χ1v) is 6.21. The van der Waals surface area contributed by atoms with Gasteiger partial charge in [-0.05, 0) is 25.2 Å². The Kier molecular flexibility index (Phi) is 4.81. The molecule has 0 spiro atoms.